The van der Waals surface area contributed by atoms with Gasteiger partial charge in [-0.25, -0.2) is 0 Å². The van der Waals surface area contributed by atoms with E-state index in [4.69, 9.17) is 39.9 Å². The Bertz CT molecular complexity index is 49.0. The molecule has 10 heavy (non-hydrogen) atoms. The number of alkyl halides is 3. The highest BCUT2D eigenvalue weighted by atomic mass is 35.5. The lowest BCUT2D eigenvalue weighted by Crippen LogP contribution is -1.88. The highest BCUT2D eigenvalue weighted by Crippen LogP contribution is 2.03. The quantitative estimate of drug-likeness (QED) is 0.690. The van der Waals surface area contributed by atoms with Gasteiger partial charge in [0.05, 0.1) is 0 Å². The summed E-state index contributed by atoms with van der Waals surface area (Å²) in [4.78, 5) is -0.171. The summed E-state index contributed by atoms with van der Waals surface area (Å²) in [5.41, 5.74) is -0.644. The molecule has 0 aliphatic heterocycles. The van der Waals surface area contributed by atoms with Crippen LogP contribution in [-0.4, -0.2) is 15.5 Å². The maximum atomic E-state index is 8.13. The van der Waals surface area contributed by atoms with Gasteiger partial charge in [-0.15, -0.1) is 23.2 Å². The topological polar surface area (TPSA) is 20.2 Å². The first-order valence-corrected chi connectivity index (χ1v) is 4.45. The van der Waals surface area contributed by atoms with Crippen LogP contribution in [0, 0.1) is 0 Å². The van der Waals surface area contributed by atoms with Gasteiger partial charge in [-0.05, 0) is 12.8 Å². The molecule has 0 rings (SSSR count). The number of hydrogen-bond donors (Lipinski definition) is 1. The van der Waals surface area contributed by atoms with Crippen molar-refractivity contribution in [2.75, 3.05) is 0 Å². The summed E-state index contributed by atoms with van der Waals surface area (Å²) in [5, 5.41) is 8.13. The molecule has 0 spiro atoms. The van der Waals surface area contributed by atoms with Crippen LogP contribution in [-0.2, 0) is 0 Å². The molecule has 0 heterocycles. The lowest BCUT2D eigenvalue weighted by atomic mass is 10.5. The Balaban J connectivity index is 0. The monoisotopic (exact) mass is 206 g/mol. The van der Waals surface area contributed by atoms with Crippen molar-refractivity contribution in [3.63, 3.8) is 0 Å². The van der Waals surface area contributed by atoms with E-state index in [1.165, 1.54) is 0 Å². The molecular formula is C6H13Cl3O. The number of halogens is 3. The van der Waals surface area contributed by atoms with Crippen molar-refractivity contribution in [1.29, 1.82) is 0 Å². The first-order chi connectivity index (χ1) is 4.54. The molecule has 0 aromatic carbocycles. The molecule has 0 amide bonds. The van der Waals surface area contributed by atoms with Crippen molar-refractivity contribution in [1.82, 2.24) is 0 Å². The summed E-state index contributed by atoms with van der Waals surface area (Å²) in [6, 6.07) is 0. The summed E-state index contributed by atoms with van der Waals surface area (Å²) in [7, 11) is 0. The Labute approximate surface area is 77.3 Å². The zero-order chi connectivity index (χ0) is 8.57. The molecule has 0 aliphatic carbocycles. The predicted molar refractivity (Wildman–Crippen MR) is 47.9 cm³/mol. The second-order valence-electron chi connectivity index (χ2n) is 1.64. The minimum absolute atomic E-state index is 0.171. The molecule has 0 aliphatic rings. The SMILES string of the molecule is CCC(Cl)Cl.CCC(O)Cl. The van der Waals surface area contributed by atoms with E-state index in [2.05, 4.69) is 0 Å². The van der Waals surface area contributed by atoms with Gasteiger partial charge < -0.3 is 5.11 Å². The molecule has 0 aromatic rings. The molecular weight excluding hydrogens is 194 g/mol. The average molecular weight is 208 g/mol. The molecule has 0 saturated carbocycles. The van der Waals surface area contributed by atoms with E-state index >= 15 is 0 Å². The molecule has 1 nitrogen and oxygen atoms in total. The molecule has 0 aromatic heterocycles. The van der Waals surface area contributed by atoms with Gasteiger partial charge in [-0.2, -0.15) is 0 Å². The Kier molecular flexibility index (Phi) is 13.2. The van der Waals surface area contributed by atoms with Gasteiger partial charge in [-0.3, -0.25) is 0 Å². The van der Waals surface area contributed by atoms with E-state index in [0.717, 1.165) is 6.42 Å². The van der Waals surface area contributed by atoms with Gasteiger partial charge in [0, 0.05) is 0 Å². The Morgan fingerprint density at radius 2 is 1.30 bits per heavy atom. The van der Waals surface area contributed by atoms with Crippen molar-refractivity contribution in [3.8, 4) is 0 Å². The minimum atomic E-state index is -0.644. The summed E-state index contributed by atoms with van der Waals surface area (Å²) in [5.74, 6) is 0. The highest BCUT2D eigenvalue weighted by Gasteiger charge is 1.86. The van der Waals surface area contributed by atoms with Crippen molar-refractivity contribution in [3.05, 3.63) is 0 Å². The second kappa shape index (κ2) is 9.83. The van der Waals surface area contributed by atoms with Crippen molar-refractivity contribution < 1.29 is 5.11 Å². The zero-order valence-corrected chi connectivity index (χ0v) is 8.42. The summed E-state index contributed by atoms with van der Waals surface area (Å²) in [6.45, 7) is 3.75. The Morgan fingerprint density at radius 1 is 1.10 bits per heavy atom. The van der Waals surface area contributed by atoms with Crippen LogP contribution in [0.25, 0.3) is 0 Å². The lowest BCUT2D eigenvalue weighted by Gasteiger charge is -1.87. The largest absolute Gasteiger partial charge is 0.378 e. The molecule has 4 heteroatoms. The lowest BCUT2D eigenvalue weighted by molar-refractivity contribution is 0.252. The molecule has 1 atom stereocenters. The van der Waals surface area contributed by atoms with Crippen LogP contribution in [0.5, 0.6) is 0 Å². The van der Waals surface area contributed by atoms with E-state index in [9.17, 15) is 0 Å². The third-order valence-electron chi connectivity index (χ3n) is 0.645. The molecule has 0 radical (unpaired) electrons. The Morgan fingerprint density at radius 3 is 1.30 bits per heavy atom. The fourth-order valence-corrected chi connectivity index (χ4v) is 0. The zero-order valence-electron chi connectivity index (χ0n) is 6.15. The van der Waals surface area contributed by atoms with Crippen LogP contribution in [0.4, 0.5) is 0 Å². The number of hydrogen-bond acceptors (Lipinski definition) is 1. The second-order valence-corrected chi connectivity index (χ2v) is 3.42. The standard InChI is InChI=1S/C3H6Cl2.C3H7ClO/c2*1-2-3(4)5/h3H,2H2,1H3;3,5H,2H2,1H3. The van der Waals surface area contributed by atoms with Crippen LogP contribution < -0.4 is 0 Å². The van der Waals surface area contributed by atoms with Crippen LogP contribution in [0.15, 0.2) is 0 Å². The third-order valence-corrected chi connectivity index (χ3v) is 1.57. The van der Waals surface area contributed by atoms with Gasteiger partial charge >= 0.3 is 0 Å². The maximum absolute atomic E-state index is 8.13. The van der Waals surface area contributed by atoms with Gasteiger partial charge in [0.2, 0.25) is 0 Å². The van der Waals surface area contributed by atoms with E-state index in [0.29, 0.717) is 6.42 Å². The van der Waals surface area contributed by atoms with Crippen LogP contribution in [0.2, 0.25) is 0 Å². The van der Waals surface area contributed by atoms with Crippen molar-refractivity contribution in [2.45, 2.75) is 37.1 Å². The fourth-order valence-electron chi connectivity index (χ4n) is 0. The smallest absolute Gasteiger partial charge is 0.127 e. The van der Waals surface area contributed by atoms with E-state index in [1.54, 1.807) is 0 Å². The summed E-state index contributed by atoms with van der Waals surface area (Å²) >= 11 is 15.5. The van der Waals surface area contributed by atoms with Gasteiger partial charge in [0.25, 0.3) is 0 Å². The molecule has 1 unspecified atom stereocenters. The van der Waals surface area contributed by atoms with Crippen molar-refractivity contribution in [2.24, 2.45) is 0 Å². The number of aliphatic hydroxyl groups is 1. The highest BCUT2D eigenvalue weighted by molar-refractivity contribution is 6.44. The molecule has 0 saturated heterocycles. The van der Waals surface area contributed by atoms with Crippen LogP contribution >= 0.6 is 34.8 Å². The van der Waals surface area contributed by atoms with Crippen LogP contribution in [0.1, 0.15) is 26.7 Å². The van der Waals surface area contributed by atoms with Crippen molar-refractivity contribution >= 4 is 34.8 Å². The first-order valence-electron chi connectivity index (χ1n) is 3.14. The summed E-state index contributed by atoms with van der Waals surface area (Å²) < 4.78 is 0. The minimum Gasteiger partial charge on any atom is -0.378 e. The maximum Gasteiger partial charge on any atom is 0.127 e. The molecule has 0 bridgehead atoms. The van der Waals surface area contributed by atoms with Crippen LogP contribution in [0.3, 0.4) is 0 Å². The predicted octanol–water partition coefficient (Wildman–Crippen LogP) is 3.15. The average Bonchev–Trinajstić information content (AvgIpc) is 1.89. The number of rotatable bonds is 2. The summed E-state index contributed by atoms with van der Waals surface area (Å²) in [6.07, 6.45) is 1.46. The fraction of sp³-hybridized carbons (Fsp3) is 1.00. The van der Waals surface area contributed by atoms with E-state index < -0.39 is 5.56 Å². The first kappa shape index (κ1) is 13.4. The third kappa shape index (κ3) is 23.2. The van der Waals surface area contributed by atoms with E-state index in [-0.39, 0.29) is 4.84 Å². The Hall–Kier alpha value is 0.830. The van der Waals surface area contributed by atoms with Gasteiger partial charge in [0.1, 0.15) is 10.4 Å². The van der Waals surface area contributed by atoms with Gasteiger partial charge in [0.15, 0.2) is 0 Å². The van der Waals surface area contributed by atoms with E-state index in [1.807, 2.05) is 13.8 Å². The molecule has 1 N–H and O–H groups in total. The molecule has 64 valence electrons. The normalized spacial score (nSPS) is 12.3. The number of aliphatic hydroxyl groups excluding tert-OH is 1. The molecule has 0 fully saturated rings. The van der Waals surface area contributed by atoms with Gasteiger partial charge in [-0.1, -0.05) is 25.4 Å².